The molecule has 6 nitrogen and oxygen atoms in total. The topological polar surface area (TPSA) is 79.9 Å². The van der Waals surface area contributed by atoms with Gasteiger partial charge in [-0.05, 0) is 35.9 Å². The van der Waals surface area contributed by atoms with Gasteiger partial charge in [0, 0.05) is 12.1 Å². The summed E-state index contributed by atoms with van der Waals surface area (Å²) in [6.07, 6.45) is 0. The summed E-state index contributed by atoms with van der Waals surface area (Å²) in [5.41, 5.74) is 2.79. The van der Waals surface area contributed by atoms with Crippen LogP contribution in [0.25, 0.3) is 11.0 Å². The lowest BCUT2D eigenvalue weighted by Crippen LogP contribution is -2.22. The Hall–Kier alpha value is -2.60. The van der Waals surface area contributed by atoms with Gasteiger partial charge in [0.15, 0.2) is 0 Å². The zero-order valence-electron chi connectivity index (χ0n) is 11.8. The van der Waals surface area contributed by atoms with Crippen LogP contribution in [0.2, 0.25) is 5.02 Å². The molecule has 2 N–H and O–H groups in total. The van der Waals surface area contributed by atoms with Crippen LogP contribution in [0, 0.1) is 0 Å². The molecule has 3 rings (SSSR count). The monoisotopic (exact) mass is 316 g/mol. The van der Waals surface area contributed by atoms with Crippen molar-refractivity contribution in [2.24, 2.45) is 0 Å². The first-order valence-corrected chi connectivity index (χ1v) is 6.96. The smallest absolute Gasteiger partial charge is 0.251 e. The number of amides is 1. The summed E-state index contributed by atoms with van der Waals surface area (Å²) in [4.78, 5) is 12.2. The van der Waals surface area contributed by atoms with Gasteiger partial charge in [0.05, 0.1) is 12.1 Å². The molecule has 112 valence electrons. The van der Waals surface area contributed by atoms with Crippen LogP contribution >= 0.6 is 11.6 Å². The molecule has 0 unspecified atom stereocenters. The lowest BCUT2D eigenvalue weighted by molar-refractivity contribution is 0.0951. The number of methoxy groups -OCH3 is 1. The van der Waals surface area contributed by atoms with Gasteiger partial charge >= 0.3 is 0 Å². The maximum atomic E-state index is 12.2. The molecule has 0 bridgehead atoms. The van der Waals surface area contributed by atoms with Gasteiger partial charge in [0.25, 0.3) is 5.91 Å². The number of hydrogen-bond acceptors (Lipinski definition) is 4. The number of H-pyrrole nitrogens is 1. The highest BCUT2D eigenvalue weighted by Crippen LogP contribution is 2.24. The van der Waals surface area contributed by atoms with Gasteiger partial charge in [0.1, 0.15) is 16.8 Å². The molecule has 0 saturated heterocycles. The van der Waals surface area contributed by atoms with Crippen LogP contribution in [0.3, 0.4) is 0 Å². The number of rotatable bonds is 4. The second-order valence-electron chi connectivity index (χ2n) is 4.68. The maximum absolute atomic E-state index is 12.2. The molecule has 0 spiro atoms. The van der Waals surface area contributed by atoms with Gasteiger partial charge < -0.3 is 10.1 Å². The van der Waals surface area contributed by atoms with E-state index in [2.05, 4.69) is 20.7 Å². The average molecular weight is 317 g/mol. The van der Waals surface area contributed by atoms with Crippen molar-refractivity contribution in [3.8, 4) is 5.75 Å². The highest BCUT2D eigenvalue weighted by Gasteiger charge is 2.08. The Kier molecular flexibility index (Phi) is 3.93. The van der Waals surface area contributed by atoms with Gasteiger partial charge in [0.2, 0.25) is 0 Å². The maximum Gasteiger partial charge on any atom is 0.251 e. The predicted octanol–water partition coefficient (Wildman–Crippen LogP) is 2.55. The normalized spacial score (nSPS) is 10.6. The Morgan fingerprint density at radius 1 is 1.23 bits per heavy atom. The van der Waals surface area contributed by atoms with E-state index >= 15 is 0 Å². The molecule has 2 aromatic carbocycles. The lowest BCUT2D eigenvalue weighted by atomic mass is 10.1. The third kappa shape index (κ3) is 2.87. The van der Waals surface area contributed by atoms with Gasteiger partial charge in [-0.25, -0.2) is 0 Å². The van der Waals surface area contributed by atoms with Crippen LogP contribution < -0.4 is 10.1 Å². The Labute approximate surface area is 131 Å². The lowest BCUT2D eigenvalue weighted by Gasteiger charge is -2.08. The summed E-state index contributed by atoms with van der Waals surface area (Å²) in [5, 5.41) is 13.8. The second kappa shape index (κ2) is 6.03. The molecule has 3 aromatic rings. The minimum Gasteiger partial charge on any atom is -0.495 e. The summed E-state index contributed by atoms with van der Waals surface area (Å²) in [6.45, 7) is 0.374. The first-order chi connectivity index (χ1) is 10.7. The van der Waals surface area contributed by atoms with Crippen molar-refractivity contribution in [3.63, 3.8) is 0 Å². The molecule has 22 heavy (non-hydrogen) atoms. The zero-order valence-corrected chi connectivity index (χ0v) is 12.5. The fourth-order valence-electron chi connectivity index (χ4n) is 2.09. The second-order valence-corrected chi connectivity index (χ2v) is 5.09. The minimum atomic E-state index is -0.183. The fraction of sp³-hybridized carbons (Fsp3) is 0.133. The Bertz CT molecular complexity index is 831. The molecule has 1 heterocycles. The van der Waals surface area contributed by atoms with Crippen molar-refractivity contribution in [1.29, 1.82) is 0 Å². The number of aromatic amines is 1. The number of fused-ring (bicyclic) bond motifs is 1. The number of carbonyl (C=O) groups excluding carboxylic acids is 1. The van der Waals surface area contributed by atoms with Gasteiger partial charge in [-0.1, -0.05) is 17.7 Å². The molecule has 7 heteroatoms. The fourth-order valence-corrected chi connectivity index (χ4v) is 2.37. The van der Waals surface area contributed by atoms with Crippen molar-refractivity contribution >= 4 is 28.5 Å². The van der Waals surface area contributed by atoms with Crippen LogP contribution in [0.1, 0.15) is 15.9 Å². The number of nitrogens with one attached hydrogen (secondary N) is 2. The third-order valence-electron chi connectivity index (χ3n) is 3.25. The highest BCUT2D eigenvalue weighted by molar-refractivity contribution is 6.32. The van der Waals surface area contributed by atoms with Crippen molar-refractivity contribution in [1.82, 2.24) is 20.7 Å². The van der Waals surface area contributed by atoms with Crippen molar-refractivity contribution in [2.45, 2.75) is 6.54 Å². The van der Waals surface area contributed by atoms with Gasteiger partial charge in [-0.3, -0.25) is 4.79 Å². The van der Waals surface area contributed by atoms with Crippen molar-refractivity contribution in [3.05, 3.63) is 52.5 Å². The van der Waals surface area contributed by atoms with E-state index in [4.69, 9.17) is 16.3 Å². The van der Waals surface area contributed by atoms with Gasteiger partial charge in [-0.15, -0.1) is 0 Å². The third-order valence-corrected chi connectivity index (χ3v) is 3.54. The standard InChI is InChI=1S/C15H13ClN4O2/c1-22-14-5-2-9(6-11(14)16)8-17-15(21)10-3-4-12-13(7-10)19-20-18-12/h2-7H,8H2,1H3,(H,17,21)(H,18,19,20). The van der Waals surface area contributed by atoms with E-state index < -0.39 is 0 Å². The summed E-state index contributed by atoms with van der Waals surface area (Å²) in [6, 6.07) is 10.5. The first kappa shape index (κ1) is 14.3. The summed E-state index contributed by atoms with van der Waals surface area (Å²) in [7, 11) is 1.56. The van der Waals surface area contributed by atoms with Crippen LogP contribution in [0.5, 0.6) is 5.75 Å². The summed E-state index contributed by atoms with van der Waals surface area (Å²) >= 11 is 6.06. The van der Waals surface area contributed by atoms with Crippen molar-refractivity contribution in [2.75, 3.05) is 7.11 Å². The van der Waals surface area contributed by atoms with E-state index in [-0.39, 0.29) is 5.91 Å². The Morgan fingerprint density at radius 3 is 2.82 bits per heavy atom. The molecule has 0 aliphatic carbocycles. The number of carbonyl (C=O) groups is 1. The molecule has 0 aliphatic rings. The van der Waals surface area contributed by atoms with Gasteiger partial charge in [-0.2, -0.15) is 15.4 Å². The predicted molar refractivity (Wildman–Crippen MR) is 83.1 cm³/mol. The molecule has 1 amide bonds. The molecule has 0 saturated carbocycles. The number of halogens is 1. The van der Waals surface area contributed by atoms with E-state index in [1.54, 1.807) is 37.4 Å². The Morgan fingerprint density at radius 2 is 2.05 bits per heavy atom. The van der Waals surface area contributed by atoms with E-state index in [1.165, 1.54) is 0 Å². The van der Waals surface area contributed by atoms with E-state index in [9.17, 15) is 4.79 Å². The molecule has 0 aliphatic heterocycles. The van der Waals surface area contributed by atoms with Crippen LogP contribution in [-0.2, 0) is 6.54 Å². The van der Waals surface area contributed by atoms with Crippen molar-refractivity contribution < 1.29 is 9.53 Å². The molecule has 0 atom stereocenters. The van der Waals surface area contributed by atoms with E-state index in [0.717, 1.165) is 11.1 Å². The van der Waals surface area contributed by atoms with Crippen LogP contribution in [0.15, 0.2) is 36.4 Å². The van der Waals surface area contributed by atoms with Crippen LogP contribution in [0.4, 0.5) is 0 Å². The molecule has 0 fully saturated rings. The average Bonchev–Trinajstić information content (AvgIpc) is 3.00. The summed E-state index contributed by atoms with van der Waals surface area (Å²) in [5.74, 6) is 0.421. The van der Waals surface area contributed by atoms with Crippen LogP contribution in [-0.4, -0.2) is 28.4 Å². The Balaban J connectivity index is 1.70. The quantitative estimate of drug-likeness (QED) is 0.775. The zero-order chi connectivity index (χ0) is 15.5. The first-order valence-electron chi connectivity index (χ1n) is 6.58. The minimum absolute atomic E-state index is 0.183. The van der Waals surface area contributed by atoms with E-state index in [1.807, 2.05) is 6.07 Å². The number of nitrogens with zero attached hydrogens (tertiary/aromatic N) is 2. The number of aromatic nitrogens is 3. The highest BCUT2D eigenvalue weighted by atomic mass is 35.5. The summed E-state index contributed by atoms with van der Waals surface area (Å²) < 4.78 is 5.09. The number of hydrogen-bond donors (Lipinski definition) is 2. The molecule has 0 radical (unpaired) electrons. The SMILES string of the molecule is COc1ccc(CNC(=O)c2ccc3n[nH]nc3c2)cc1Cl. The molecular weight excluding hydrogens is 304 g/mol. The molecular formula is C15H13ClN4O2. The number of ether oxygens (including phenoxy) is 1. The molecule has 1 aromatic heterocycles. The largest absolute Gasteiger partial charge is 0.495 e. The number of benzene rings is 2. The van der Waals surface area contributed by atoms with E-state index in [0.29, 0.717) is 28.4 Å².